The molecule has 2 aromatic rings. The molecule has 1 aliphatic rings. The second kappa shape index (κ2) is 11.9. The second-order valence-electron chi connectivity index (χ2n) is 10.3. The van der Waals surface area contributed by atoms with E-state index < -0.39 is 59.2 Å². The number of rotatable bonds is 10. The fourth-order valence-electron chi connectivity index (χ4n) is 4.97. The number of nitrogens with one attached hydrogen (secondary N) is 2. The van der Waals surface area contributed by atoms with E-state index in [1.807, 2.05) is 0 Å². The first-order valence-electron chi connectivity index (χ1n) is 12.0. The highest BCUT2D eigenvalue weighted by atomic mass is 35.5. The monoisotopic (exact) mass is 559 g/mol. The van der Waals surface area contributed by atoms with Gasteiger partial charge < -0.3 is 31.7 Å². The predicted octanol–water partition coefficient (Wildman–Crippen LogP) is 2.82. The van der Waals surface area contributed by atoms with E-state index in [-0.39, 0.29) is 47.2 Å². The lowest BCUT2D eigenvalue weighted by Crippen LogP contribution is -2.53. The number of halogens is 4. The molecule has 0 aromatic heterocycles. The molecule has 5 atom stereocenters. The molecular formula is C26H33Cl2F2N3O4. The summed E-state index contributed by atoms with van der Waals surface area (Å²) in [5.74, 6) is -3.17. The number of aliphatic hydroxyl groups excluding tert-OH is 3. The van der Waals surface area contributed by atoms with Crippen LogP contribution in [0.4, 0.5) is 8.78 Å². The van der Waals surface area contributed by atoms with Gasteiger partial charge in [0.1, 0.15) is 11.6 Å². The summed E-state index contributed by atoms with van der Waals surface area (Å²) in [6.45, 7) is 2.95. The summed E-state index contributed by atoms with van der Waals surface area (Å²) in [5, 5.41) is 34.5. The van der Waals surface area contributed by atoms with Gasteiger partial charge >= 0.3 is 0 Å². The number of nitrogens with two attached hydrogens (primary N) is 1. The fraction of sp³-hybridized carbons (Fsp3) is 0.500. The fourth-order valence-corrected chi connectivity index (χ4v) is 5.31. The van der Waals surface area contributed by atoms with Crippen LogP contribution in [0.15, 0.2) is 36.4 Å². The van der Waals surface area contributed by atoms with Crippen molar-refractivity contribution in [1.82, 2.24) is 10.6 Å². The molecular weight excluding hydrogens is 527 g/mol. The predicted molar refractivity (Wildman–Crippen MR) is 138 cm³/mol. The Morgan fingerprint density at radius 1 is 1.24 bits per heavy atom. The largest absolute Gasteiger partial charge is 0.396 e. The maximum Gasteiger partial charge on any atom is 0.237 e. The topological polar surface area (TPSA) is 128 Å². The van der Waals surface area contributed by atoms with Gasteiger partial charge in [0, 0.05) is 35.7 Å². The Bertz CT molecular complexity index is 1120. The van der Waals surface area contributed by atoms with E-state index >= 15 is 8.78 Å². The van der Waals surface area contributed by atoms with Crippen LogP contribution in [0, 0.1) is 17.0 Å². The number of hydrogen-bond donors (Lipinski definition) is 6. The summed E-state index contributed by atoms with van der Waals surface area (Å²) in [6, 6.07) is 6.43. The highest BCUT2D eigenvalue weighted by Gasteiger charge is 2.58. The number of amides is 1. The van der Waals surface area contributed by atoms with Crippen LogP contribution in [-0.2, 0) is 10.3 Å². The van der Waals surface area contributed by atoms with E-state index in [2.05, 4.69) is 10.6 Å². The van der Waals surface area contributed by atoms with Gasteiger partial charge in [0.2, 0.25) is 5.91 Å². The molecule has 0 spiro atoms. The van der Waals surface area contributed by atoms with E-state index in [1.165, 1.54) is 30.3 Å². The summed E-state index contributed by atoms with van der Waals surface area (Å²) in [7, 11) is 0. The SMILES string of the molecule is CC(C)(CO)C[C@@H]1N[C@@H](C(=O)NCC[C@H](O)CO)[C@H](c2cccc(Cl)c2F)[C@@]1(N)c1ccc(Cl)cc1F. The Morgan fingerprint density at radius 2 is 1.95 bits per heavy atom. The Labute approximate surface area is 225 Å². The Balaban J connectivity index is 2.18. The van der Waals surface area contributed by atoms with Gasteiger partial charge in [-0.3, -0.25) is 4.79 Å². The molecule has 1 aliphatic heterocycles. The Hall–Kier alpha value is -1.85. The quantitative estimate of drug-likeness (QED) is 0.265. The molecule has 2 aromatic carbocycles. The molecule has 0 aliphatic carbocycles. The van der Waals surface area contributed by atoms with Crippen molar-refractivity contribution >= 4 is 29.1 Å². The van der Waals surface area contributed by atoms with E-state index in [0.717, 1.165) is 6.07 Å². The van der Waals surface area contributed by atoms with Crippen LogP contribution in [0.5, 0.6) is 0 Å². The molecule has 11 heteroatoms. The molecule has 1 saturated heterocycles. The summed E-state index contributed by atoms with van der Waals surface area (Å²) >= 11 is 12.1. The summed E-state index contributed by atoms with van der Waals surface area (Å²) in [4.78, 5) is 13.4. The summed E-state index contributed by atoms with van der Waals surface area (Å²) in [6.07, 6.45) is -0.715. The first-order chi connectivity index (χ1) is 17.4. The molecule has 0 unspecified atom stereocenters. The van der Waals surface area contributed by atoms with Crippen molar-refractivity contribution in [2.75, 3.05) is 19.8 Å². The molecule has 0 bridgehead atoms. The lowest BCUT2D eigenvalue weighted by atomic mass is 9.68. The average Bonchev–Trinajstić information content (AvgIpc) is 3.12. The number of aliphatic hydroxyl groups is 3. The molecule has 1 heterocycles. The molecule has 1 fully saturated rings. The van der Waals surface area contributed by atoms with E-state index in [1.54, 1.807) is 13.8 Å². The zero-order chi connectivity index (χ0) is 27.5. The van der Waals surface area contributed by atoms with Crippen molar-refractivity contribution in [2.24, 2.45) is 11.1 Å². The maximum absolute atomic E-state index is 15.5. The number of carbonyl (C=O) groups is 1. The van der Waals surface area contributed by atoms with Gasteiger partial charge in [-0.2, -0.15) is 0 Å². The molecule has 7 nitrogen and oxygen atoms in total. The molecule has 0 saturated carbocycles. The second-order valence-corrected chi connectivity index (χ2v) is 11.2. The lowest BCUT2D eigenvalue weighted by Gasteiger charge is -2.40. The highest BCUT2D eigenvalue weighted by molar-refractivity contribution is 6.31. The first-order valence-corrected chi connectivity index (χ1v) is 12.7. The van der Waals surface area contributed by atoms with Gasteiger partial charge in [-0.15, -0.1) is 0 Å². The van der Waals surface area contributed by atoms with Gasteiger partial charge in [0.05, 0.1) is 29.3 Å². The van der Waals surface area contributed by atoms with Crippen molar-refractivity contribution in [3.05, 3.63) is 69.2 Å². The maximum atomic E-state index is 15.5. The van der Waals surface area contributed by atoms with Gasteiger partial charge in [0.25, 0.3) is 0 Å². The van der Waals surface area contributed by atoms with Gasteiger partial charge in [-0.05, 0) is 42.0 Å². The smallest absolute Gasteiger partial charge is 0.237 e. The van der Waals surface area contributed by atoms with E-state index in [4.69, 9.17) is 34.0 Å². The minimum Gasteiger partial charge on any atom is -0.396 e. The number of benzene rings is 2. The van der Waals surface area contributed by atoms with Crippen molar-refractivity contribution in [2.45, 2.75) is 56.3 Å². The number of hydrogen-bond acceptors (Lipinski definition) is 6. The third kappa shape index (κ3) is 6.25. The molecule has 7 N–H and O–H groups in total. The molecule has 204 valence electrons. The third-order valence-electron chi connectivity index (χ3n) is 6.97. The zero-order valence-corrected chi connectivity index (χ0v) is 22.2. The standard InChI is InChI=1S/C26H33Cl2F2N3O4/c1-25(2,13-35)11-20-26(31,17-7-6-14(27)10-19(17)29)21(16-4-3-5-18(28)22(16)30)23(33-20)24(37)32-9-8-15(36)12-34/h3-7,10,15,20-21,23,33-36H,8-9,11-13,31H2,1-2H3,(H,32,37)/t15-,20-,21-,23+,26+/m0/s1. The van der Waals surface area contributed by atoms with Crippen molar-refractivity contribution in [3.63, 3.8) is 0 Å². The molecule has 37 heavy (non-hydrogen) atoms. The van der Waals surface area contributed by atoms with Crippen LogP contribution in [0.2, 0.25) is 10.0 Å². The van der Waals surface area contributed by atoms with Crippen LogP contribution >= 0.6 is 23.2 Å². The Morgan fingerprint density at radius 3 is 2.57 bits per heavy atom. The van der Waals surface area contributed by atoms with Crippen LogP contribution < -0.4 is 16.4 Å². The Kier molecular flexibility index (Phi) is 9.56. The summed E-state index contributed by atoms with van der Waals surface area (Å²) < 4.78 is 30.9. The highest BCUT2D eigenvalue weighted by Crippen LogP contribution is 2.49. The van der Waals surface area contributed by atoms with Gasteiger partial charge in [-0.1, -0.05) is 55.2 Å². The van der Waals surface area contributed by atoms with E-state index in [0.29, 0.717) is 0 Å². The minimum atomic E-state index is -1.67. The van der Waals surface area contributed by atoms with Crippen molar-refractivity contribution in [1.29, 1.82) is 0 Å². The van der Waals surface area contributed by atoms with Crippen molar-refractivity contribution < 1.29 is 28.9 Å². The molecule has 1 amide bonds. The normalized spacial score (nSPS) is 24.8. The van der Waals surface area contributed by atoms with Crippen LogP contribution in [0.3, 0.4) is 0 Å². The lowest BCUT2D eigenvalue weighted by molar-refractivity contribution is -0.123. The summed E-state index contributed by atoms with van der Waals surface area (Å²) in [5.41, 5.74) is 4.77. The number of carbonyl (C=O) groups excluding carboxylic acids is 1. The van der Waals surface area contributed by atoms with Gasteiger partial charge in [0.15, 0.2) is 0 Å². The molecule has 0 radical (unpaired) electrons. The van der Waals surface area contributed by atoms with Crippen LogP contribution in [-0.4, -0.2) is 59.2 Å². The first kappa shape index (κ1) is 29.7. The minimum absolute atomic E-state index is 0.0247. The van der Waals surface area contributed by atoms with Crippen LogP contribution in [0.25, 0.3) is 0 Å². The van der Waals surface area contributed by atoms with E-state index in [9.17, 15) is 15.0 Å². The average molecular weight is 560 g/mol. The van der Waals surface area contributed by atoms with Crippen molar-refractivity contribution in [3.8, 4) is 0 Å². The third-order valence-corrected chi connectivity index (χ3v) is 7.50. The van der Waals surface area contributed by atoms with Crippen LogP contribution in [0.1, 0.15) is 43.7 Å². The van der Waals surface area contributed by atoms with Gasteiger partial charge in [-0.25, -0.2) is 8.78 Å². The zero-order valence-electron chi connectivity index (χ0n) is 20.6. The molecule has 3 rings (SSSR count).